The van der Waals surface area contributed by atoms with Gasteiger partial charge in [-0.05, 0) is 33.6 Å². The van der Waals surface area contributed by atoms with Gasteiger partial charge in [0, 0.05) is 12.0 Å². The average Bonchev–Trinajstić information content (AvgIpc) is 2.58. The van der Waals surface area contributed by atoms with Crippen LogP contribution in [0.4, 0.5) is 13.2 Å². The quantitative estimate of drug-likeness (QED) is 0.602. The second-order valence-corrected chi connectivity index (χ2v) is 5.17. The molecular formula is C12H16F3NO. The van der Waals surface area contributed by atoms with Crippen LogP contribution in [0.15, 0.2) is 0 Å². The van der Waals surface area contributed by atoms with Gasteiger partial charge in [-0.25, -0.2) is 0 Å². The van der Waals surface area contributed by atoms with Gasteiger partial charge in [-0.1, -0.05) is 11.8 Å². The van der Waals surface area contributed by atoms with Crippen LogP contribution >= 0.6 is 0 Å². The monoisotopic (exact) mass is 247 g/mol. The average molecular weight is 247 g/mol. The molecule has 1 aliphatic heterocycles. The molecule has 0 aromatic rings. The summed E-state index contributed by atoms with van der Waals surface area (Å²) in [5.74, 6) is 3.89. The van der Waals surface area contributed by atoms with E-state index in [1.807, 2.05) is 20.8 Å². The van der Waals surface area contributed by atoms with Gasteiger partial charge in [0.05, 0.1) is 6.04 Å². The molecule has 0 radical (unpaired) electrons. The molecule has 0 aromatic carbocycles. The summed E-state index contributed by atoms with van der Waals surface area (Å²) in [5.41, 5.74) is -0.268. The Morgan fingerprint density at radius 2 is 1.88 bits per heavy atom. The van der Waals surface area contributed by atoms with Crippen molar-refractivity contribution in [1.29, 1.82) is 0 Å². The predicted molar refractivity (Wildman–Crippen MR) is 58.0 cm³/mol. The van der Waals surface area contributed by atoms with E-state index in [1.54, 1.807) is 0 Å². The zero-order valence-electron chi connectivity index (χ0n) is 10.2. The SMILES string of the molecule is CC(C)(C)C#CC1CCCN1C(=O)C(F)(F)F. The highest BCUT2D eigenvalue weighted by molar-refractivity contribution is 5.82. The number of amides is 1. The lowest BCUT2D eigenvalue weighted by Crippen LogP contribution is -2.43. The normalized spacial score (nSPS) is 21.1. The lowest BCUT2D eigenvalue weighted by Gasteiger charge is -2.22. The van der Waals surface area contributed by atoms with E-state index >= 15 is 0 Å². The Kier molecular flexibility index (Phi) is 3.75. The molecule has 0 bridgehead atoms. The maximum absolute atomic E-state index is 12.3. The van der Waals surface area contributed by atoms with E-state index in [0.717, 1.165) is 4.90 Å². The van der Waals surface area contributed by atoms with Crippen LogP contribution < -0.4 is 0 Å². The molecule has 17 heavy (non-hydrogen) atoms. The van der Waals surface area contributed by atoms with Gasteiger partial charge in [-0.3, -0.25) is 4.79 Å². The highest BCUT2D eigenvalue weighted by Crippen LogP contribution is 2.25. The first kappa shape index (κ1) is 13.9. The molecule has 0 spiro atoms. The first-order valence-electron chi connectivity index (χ1n) is 5.52. The summed E-state index contributed by atoms with van der Waals surface area (Å²) in [6.07, 6.45) is -3.71. The number of likely N-dealkylation sites (tertiary alicyclic amines) is 1. The number of alkyl halides is 3. The summed E-state index contributed by atoms with van der Waals surface area (Å²) in [6, 6.07) is -0.594. The molecule has 1 saturated heterocycles. The van der Waals surface area contributed by atoms with Crippen molar-refractivity contribution in [1.82, 2.24) is 4.90 Å². The van der Waals surface area contributed by atoms with Crippen molar-refractivity contribution in [2.75, 3.05) is 6.54 Å². The van der Waals surface area contributed by atoms with E-state index in [4.69, 9.17) is 0 Å². The minimum absolute atomic E-state index is 0.141. The molecule has 1 fully saturated rings. The largest absolute Gasteiger partial charge is 0.471 e. The first-order valence-corrected chi connectivity index (χ1v) is 5.52. The summed E-state index contributed by atoms with van der Waals surface area (Å²) in [5, 5.41) is 0. The van der Waals surface area contributed by atoms with Crippen LogP contribution in [0.25, 0.3) is 0 Å². The van der Waals surface area contributed by atoms with Gasteiger partial charge in [-0.15, -0.1) is 0 Å². The molecular weight excluding hydrogens is 231 g/mol. The number of rotatable bonds is 0. The number of hydrogen-bond donors (Lipinski definition) is 0. The fourth-order valence-electron chi connectivity index (χ4n) is 1.62. The molecule has 1 heterocycles. The summed E-state index contributed by atoms with van der Waals surface area (Å²) < 4.78 is 36.9. The highest BCUT2D eigenvalue weighted by atomic mass is 19.4. The van der Waals surface area contributed by atoms with Crippen molar-refractivity contribution in [2.24, 2.45) is 5.41 Å². The maximum atomic E-state index is 12.3. The Bertz CT molecular complexity index is 357. The second-order valence-electron chi connectivity index (χ2n) is 5.17. The Morgan fingerprint density at radius 1 is 1.29 bits per heavy atom. The van der Waals surface area contributed by atoms with E-state index in [0.29, 0.717) is 12.8 Å². The lowest BCUT2D eigenvalue weighted by molar-refractivity contribution is -0.185. The third kappa shape index (κ3) is 3.95. The van der Waals surface area contributed by atoms with E-state index < -0.39 is 18.1 Å². The van der Waals surface area contributed by atoms with Crippen LogP contribution in [-0.2, 0) is 4.79 Å². The van der Waals surface area contributed by atoms with Gasteiger partial charge in [0.25, 0.3) is 0 Å². The minimum atomic E-state index is -4.80. The van der Waals surface area contributed by atoms with Crippen molar-refractivity contribution in [3.8, 4) is 11.8 Å². The number of carbonyl (C=O) groups is 1. The fourth-order valence-corrected chi connectivity index (χ4v) is 1.62. The van der Waals surface area contributed by atoms with Gasteiger partial charge >= 0.3 is 12.1 Å². The van der Waals surface area contributed by atoms with Crippen LogP contribution in [0.5, 0.6) is 0 Å². The van der Waals surface area contributed by atoms with E-state index in [9.17, 15) is 18.0 Å². The number of hydrogen-bond acceptors (Lipinski definition) is 1. The molecule has 5 heteroatoms. The molecule has 0 saturated carbocycles. The van der Waals surface area contributed by atoms with Gasteiger partial charge in [0.15, 0.2) is 0 Å². The molecule has 0 N–H and O–H groups in total. The van der Waals surface area contributed by atoms with Gasteiger partial charge in [0.1, 0.15) is 0 Å². The van der Waals surface area contributed by atoms with Crippen molar-refractivity contribution in [3.05, 3.63) is 0 Å². The fraction of sp³-hybridized carbons (Fsp3) is 0.750. The van der Waals surface area contributed by atoms with Gasteiger partial charge in [-0.2, -0.15) is 13.2 Å². The van der Waals surface area contributed by atoms with Crippen LogP contribution in [0.1, 0.15) is 33.6 Å². The topological polar surface area (TPSA) is 20.3 Å². The highest BCUT2D eigenvalue weighted by Gasteiger charge is 2.45. The molecule has 1 aliphatic rings. The Hall–Kier alpha value is -1.18. The van der Waals surface area contributed by atoms with Crippen LogP contribution in [-0.4, -0.2) is 29.6 Å². The van der Waals surface area contributed by atoms with Crippen molar-refractivity contribution >= 4 is 5.91 Å². The van der Waals surface area contributed by atoms with Crippen LogP contribution in [0.2, 0.25) is 0 Å². The van der Waals surface area contributed by atoms with Crippen molar-refractivity contribution in [3.63, 3.8) is 0 Å². The number of carbonyl (C=O) groups excluding carboxylic acids is 1. The molecule has 0 aliphatic carbocycles. The number of nitrogens with zero attached hydrogens (tertiary/aromatic N) is 1. The third-order valence-electron chi connectivity index (χ3n) is 2.37. The Morgan fingerprint density at radius 3 is 2.35 bits per heavy atom. The van der Waals surface area contributed by atoms with E-state index in [1.165, 1.54) is 0 Å². The molecule has 1 unspecified atom stereocenters. The molecule has 1 atom stereocenters. The van der Waals surface area contributed by atoms with E-state index in [2.05, 4.69) is 11.8 Å². The standard InChI is InChI=1S/C12H16F3NO/c1-11(2,3)7-6-9-5-4-8-16(9)10(17)12(13,14)15/h9H,4-5,8H2,1-3H3. The van der Waals surface area contributed by atoms with Gasteiger partial charge in [0.2, 0.25) is 0 Å². The molecule has 1 amide bonds. The predicted octanol–water partition coefficient (Wildman–Crippen LogP) is 2.59. The van der Waals surface area contributed by atoms with Crippen LogP contribution in [0, 0.1) is 17.3 Å². The van der Waals surface area contributed by atoms with E-state index in [-0.39, 0.29) is 12.0 Å². The van der Waals surface area contributed by atoms with Gasteiger partial charge < -0.3 is 4.90 Å². The molecule has 0 aromatic heterocycles. The smallest absolute Gasteiger partial charge is 0.321 e. The summed E-state index contributed by atoms with van der Waals surface area (Å²) in [6.45, 7) is 5.78. The van der Waals surface area contributed by atoms with Crippen LogP contribution in [0.3, 0.4) is 0 Å². The molecule has 1 rings (SSSR count). The maximum Gasteiger partial charge on any atom is 0.471 e. The minimum Gasteiger partial charge on any atom is -0.321 e. The molecule has 96 valence electrons. The van der Waals surface area contributed by atoms with Crippen molar-refractivity contribution in [2.45, 2.75) is 45.8 Å². The first-order chi connectivity index (χ1) is 7.61. The zero-order chi connectivity index (χ0) is 13.3. The summed E-state index contributed by atoms with van der Waals surface area (Å²) in [4.78, 5) is 12.0. The third-order valence-corrected chi connectivity index (χ3v) is 2.37. The Labute approximate surface area is 99.2 Å². The van der Waals surface area contributed by atoms with Crippen molar-refractivity contribution < 1.29 is 18.0 Å². The Balaban J connectivity index is 2.80. The summed E-state index contributed by atoms with van der Waals surface area (Å²) in [7, 11) is 0. The zero-order valence-corrected chi connectivity index (χ0v) is 10.2. The molecule has 2 nitrogen and oxygen atoms in total. The number of halogens is 3. The lowest BCUT2D eigenvalue weighted by atomic mass is 9.97. The summed E-state index contributed by atoms with van der Waals surface area (Å²) >= 11 is 0. The second kappa shape index (κ2) is 4.59.